The zero-order chi connectivity index (χ0) is 11.3. The van der Waals surface area contributed by atoms with Gasteiger partial charge in [0.15, 0.2) is 0 Å². The molecule has 0 amide bonds. The van der Waals surface area contributed by atoms with Crippen LogP contribution in [0, 0.1) is 5.92 Å². The predicted octanol–water partition coefficient (Wildman–Crippen LogP) is 1.08. The van der Waals surface area contributed by atoms with E-state index in [1.54, 1.807) is 0 Å². The zero-order valence-corrected chi connectivity index (χ0v) is 10.4. The van der Waals surface area contributed by atoms with Crippen molar-refractivity contribution in [3.8, 4) is 0 Å². The van der Waals surface area contributed by atoms with Gasteiger partial charge in [-0.25, -0.2) is 0 Å². The molecule has 1 rings (SSSR count). The molecule has 0 radical (unpaired) electrons. The van der Waals surface area contributed by atoms with Crippen molar-refractivity contribution < 1.29 is 5.11 Å². The second-order valence-corrected chi connectivity index (χ2v) is 4.90. The van der Waals surface area contributed by atoms with Crippen molar-refractivity contribution in [1.29, 1.82) is 0 Å². The van der Waals surface area contributed by atoms with Crippen LogP contribution in [0.2, 0.25) is 0 Å². The maximum Gasteiger partial charge on any atom is 0.0662 e. The minimum atomic E-state index is -0.182. The van der Waals surface area contributed by atoms with Gasteiger partial charge in [0.2, 0.25) is 0 Å². The summed E-state index contributed by atoms with van der Waals surface area (Å²) in [6.07, 6.45) is 3.23. The molecule has 2 atom stereocenters. The van der Waals surface area contributed by atoms with Gasteiger partial charge in [-0.3, -0.25) is 0 Å². The van der Waals surface area contributed by atoms with Gasteiger partial charge in [0.1, 0.15) is 0 Å². The Bertz CT molecular complexity index is 167. The van der Waals surface area contributed by atoms with Gasteiger partial charge >= 0.3 is 0 Å². The summed E-state index contributed by atoms with van der Waals surface area (Å²) in [5.74, 6) is 0.783. The number of likely N-dealkylation sites (tertiary alicyclic amines) is 1. The number of nitrogens with zero attached hydrogens (tertiary/aromatic N) is 1. The predicted molar refractivity (Wildman–Crippen MR) is 64.0 cm³/mol. The Morgan fingerprint density at radius 1 is 1.40 bits per heavy atom. The number of piperidine rings is 1. The van der Waals surface area contributed by atoms with Crippen LogP contribution in [-0.4, -0.2) is 48.8 Å². The summed E-state index contributed by atoms with van der Waals surface area (Å²) in [4.78, 5) is 2.39. The Morgan fingerprint density at radius 3 is 2.53 bits per heavy atom. The van der Waals surface area contributed by atoms with Crippen LogP contribution in [-0.2, 0) is 0 Å². The Labute approximate surface area is 93.9 Å². The highest BCUT2D eigenvalue weighted by atomic mass is 16.3. The van der Waals surface area contributed by atoms with E-state index >= 15 is 0 Å². The summed E-state index contributed by atoms with van der Waals surface area (Å²) in [6, 6.07) is 0.542. The Balaban J connectivity index is 2.19. The summed E-state index contributed by atoms with van der Waals surface area (Å²) < 4.78 is 0. The molecule has 3 heteroatoms. The fourth-order valence-electron chi connectivity index (χ4n) is 2.16. The molecule has 0 bridgehead atoms. The van der Waals surface area contributed by atoms with Crippen LogP contribution in [0.4, 0.5) is 0 Å². The molecule has 3 nitrogen and oxygen atoms in total. The monoisotopic (exact) mass is 214 g/mol. The van der Waals surface area contributed by atoms with Crippen molar-refractivity contribution in [1.82, 2.24) is 10.2 Å². The molecule has 1 saturated heterocycles. The quantitative estimate of drug-likeness (QED) is 0.719. The van der Waals surface area contributed by atoms with Crippen LogP contribution in [0.25, 0.3) is 0 Å². The number of rotatable bonds is 5. The minimum absolute atomic E-state index is 0.182. The van der Waals surface area contributed by atoms with E-state index in [0.29, 0.717) is 6.04 Å². The lowest BCUT2D eigenvalue weighted by molar-refractivity contribution is 0.146. The van der Waals surface area contributed by atoms with Crippen LogP contribution in [0.3, 0.4) is 0 Å². The van der Waals surface area contributed by atoms with E-state index in [0.717, 1.165) is 18.9 Å². The lowest BCUT2D eigenvalue weighted by Crippen LogP contribution is -2.42. The summed E-state index contributed by atoms with van der Waals surface area (Å²) >= 11 is 0. The third kappa shape index (κ3) is 4.49. The third-order valence-corrected chi connectivity index (χ3v) is 3.62. The average molecular weight is 214 g/mol. The fraction of sp³-hybridized carbons (Fsp3) is 1.00. The molecule has 0 spiro atoms. The maximum atomic E-state index is 9.48. The van der Waals surface area contributed by atoms with Gasteiger partial charge < -0.3 is 15.3 Å². The molecule has 0 aromatic heterocycles. The summed E-state index contributed by atoms with van der Waals surface area (Å²) in [5.41, 5.74) is 0. The summed E-state index contributed by atoms with van der Waals surface area (Å²) in [6.45, 7) is 7.44. The van der Waals surface area contributed by atoms with E-state index in [1.807, 2.05) is 6.92 Å². The van der Waals surface area contributed by atoms with Gasteiger partial charge in [-0.1, -0.05) is 6.92 Å². The lowest BCUT2D eigenvalue weighted by atomic mass is 9.90. The molecule has 0 aromatic rings. The van der Waals surface area contributed by atoms with Gasteiger partial charge in [-0.05, 0) is 52.2 Å². The van der Waals surface area contributed by atoms with Crippen molar-refractivity contribution >= 4 is 0 Å². The first-order valence-corrected chi connectivity index (χ1v) is 6.23. The average Bonchev–Trinajstić information content (AvgIpc) is 2.26. The van der Waals surface area contributed by atoms with Crippen LogP contribution >= 0.6 is 0 Å². The van der Waals surface area contributed by atoms with Gasteiger partial charge in [0.25, 0.3) is 0 Å². The Morgan fingerprint density at radius 2 is 2.00 bits per heavy atom. The normalized spacial score (nSPS) is 24.0. The number of aliphatic hydroxyl groups excluding tert-OH is 1. The number of hydrogen-bond donors (Lipinski definition) is 2. The van der Waals surface area contributed by atoms with Crippen molar-refractivity contribution in [3.05, 3.63) is 0 Å². The molecule has 2 N–H and O–H groups in total. The lowest BCUT2D eigenvalue weighted by Gasteiger charge is -2.33. The second kappa shape index (κ2) is 6.46. The fourth-order valence-corrected chi connectivity index (χ4v) is 2.16. The molecule has 2 unspecified atom stereocenters. The highest BCUT2D eigenvalue weighted by molar-refractivity contribution is 4.78. The van der Waals surface area contributed by atoms with Gasteiger partial charge in [-0.15, -0.1) is 0 Å². The van der Waals surface area contributed by atoms with E-state index in [1.165, 1.54) is 25.9 Å². The van der Waals surface area contributed by atoms with Gasteiger partial charge in [0.05, 0.1) is 6.10 Å². The molecule has 90 valence electrons. The van der Waals surface area contributed by atoms with Crippen molar-refractivity contribution in [2.24, 2.45) is 5.92 Å². The van der Waals surface area contributed by atoms with E-state index in [2.05, 4.69) is 24.2 Å². The van der Waals surface area contributed by atoms with E-state index < -0.39 is 0 Å². The first-order valence-electron chi connectivity index (χ1n) is 6.23. The molecular weight excluding hydrogens is 188 g/mol. The molecule has 0 saturated carbocycles. The van der Waals surface area contributed by atoms with Crippen molar-refractivity contribution in [2.45, 2.75) is 45.3 Å². The van der Waals surface area contributed by atoms with Gasteiger partial charge in [0, 0.05) is 12.6 Å². The Hall–Kier alpha value is -0.120. The van der Waals surface area contributed by atoms with Crippen LogP contribution in [0.1, 0.15) is 33.1 Å². The van der Waals surface area contributed by atoms with Crippen LogP contribution in [0.15, 0.2) is 0 Å². The SMILES string of the molecule is CCC(O)CNC(C)C1CCN(C)CC1. The largest absolute Gasteiger partial charge is 0.392 e. The standard InChI is InChI=1S/C12H26N2O/c1-4-12(15)9-13-10(2)11-5-7-14(3)8-6-11/h10-13,15H,4-9H2,1-3H3. The van der Waals surface area contributed by atoms with Crippen LogP contribution in [0.5, 0.6) is 0 Å². The first kappa shape index (κ1) is 12.9. The smallest absolute Gasteiger partial charge is 0.0662 e. The second-order valence-electron chi connectivity index (χ2n) is 4.90. The number of nitrogens with one attached hydrogen (secondary N) is 1. The third-order valence-electron chi connectivity index (χ3n) is 3.62. The minimum Gasteiger partial charge on any atom is -0.392 e. The molecule has 15 heavy (non-hydrogen) atoms. The molecular formula is C12H26N2O. The maximum absolute atomic E-state index is 9.48. The molecule has 1 fully saturated rings. The number of aliphatic hydroxyl groups is 1. The Kier molecular flexibility index (Phi) is 5.58. The van der Waals surface area contributed by atoms with E-state index in [9.17, 15) is 5.11 Å². The zero-order valence-electron chi connectivity index (χ0n) is 10.4. The number of hydrogen-bond acceptors (Lipinski definition) is 3. The molecule has 0 aromatic carbocycles. The topological polar surface area (TPSA) is 35.5 Å². The van der Waals surface area contributed by atoms with Crippen LogP contribution < -0.4 is 5.32 Å². The molecule has 1 aliphatic rings. The van der Waals surface area contributed by atoms with Crippen molar-refractivity contribution in [2.75, 3.05) is 26.7 Å². The highest BCUT2D eigenvalue weighted by Gasteiger charge is 2.21. The van der Waals surface area contributed by atoms with E-state index in [4.69, 9.17) is 0 Å². The molecule has 1 aliphatic heterocycles. The van der Waals surface area contributed by atoms with Gasteiger partial charge in [-0.2, -0.15) is 0 Å². The van der Waals surface area contributed by atoms with Crippen molar-refractivity contribution in [3.63, 3.8) is 0 Å². The van der Waals surface area contributed by atoms with E-state index in [-0.39, 0.29) is 6.10 Å². The highest BCUT2D eigenvalue weighted by Crippen LogP contribution is 2.19. The summed E-state index contributed by atoms with van der Waals surface area (Å²) in [7, 11) is 2.19. The summed E-state index contributed by atoms with van der Waals surface area (Å²) in [5, 5.41) is 12.9. The molecule has 0 aliphatic carbocycles. The molecule has 1 heterocycles. The first-order chi connectivity index (χ1) is 7.13.